The normalized spacial score (nSPS) is 17.6. The standard InChI is InChI=1S/C16H23N3O/c1-2-3-13(17)8-9-19-15(11-20)6-4-12-10-14(18)5-7-16(12)19/h5,7,10-11,15,17H,2-4,6,8-9,18H2,1H3. The lowest BCUT2D eigenvalue weighted by Crippen LogP contribution is -2.41. The van der Waals surface area contributed by atoms with Crippen LogP contribution in [0.15, 0.2) is 18.2 Å². The summed E-state index contributed by atoms with van der Waals surface area (Å²) in [7, 11) is 0. The minimum atomic E-state index is -0.0689. The Bertz CT molecular complexity index is 498. The molecule has 1 aliphatic rings. The summed E-state index contributed by atoms with van der Waals surface area (Å²) in [5.74, 6) is 0. The first kappa shape index (κ1) is 14.6. The molecule has 0 saturated carbocycles. The van der Waals surface area contributed by atoms with Gasteiger partial charge in [0.15, 0.2) is 0 Å². The van der Waals surface area contributed by atoms with E-state index in [4.69, 9.17) is 11.1 Å². The van der Waals surface area contributed by atoms with E-state index >= 15 is 0 Å². The molecule has 20 heavy (non-hydrogen) atoms. The SMILES string of the molecule is CCCC(=N)CCN1c2ccc(N)cc2CCC1C=O. The monoisotopic (exact) mass is 273 g/mol. The minimum Gasteiger partial charge on any atom is -0.399 e. The molecule has 1 atom stereocenters. The smallest absolute Gasteiger partial charge is 0.142 e. The van der Waals surface area contributed by atoms with Crippen molar-refractivity contribution in [2.45, 2.75) is 45.1 Å². The fourth-order valence-electron chi connectivity index (χ4n) is 2.83. The van der Waals surface area contributed by atoms with Gasteiger partial charge in [-0.05, 0) is 43.0 Å². The average molecular weight is 273 g/mol. The number of nitrogens with one attached hydrogen (secondary N) is 1. The van der Waals surface area contributed by atoms with Crippen molar-refractivity contribution in [2.24, 2.45) is 0 Å². The van der Waals surface area contributed by atoms with Crippen LogP contribution in [0.2, 0.25) is 0 Å². The maximum absolute atomic E-state index is 11.3. The van der Waals surface area contributed by atoms with Crippen molar-refractivity contribution in [3.8, 4) is 0 Å². The van der Waals surface area contributed by atoms with Gasteiger partial charge in [0.2, 0.25) is 0 Å². The third-order valence-corrected chi connectivity index (χ3v) is 3.89. The topological polar surface area (TPSA) is 70.2 Å². The zero-order valence-electron chi connectivity index (χ0n) is 12.1. The summed E-state index contributed by atoms with van der Waals surface area (Å²) in [5, 5.41) is 7.91. The van der Waals surface area contributed by atoms with Crippen LogP contribution in [0.3, 0.4) is 0 Å². The highest BCUT2D eigenvalue weighted by atomic mass is 16.1. The van der Waals surface area contributed by atoms with Crippen LogP contribution in [0, 0.1) is 5.41 Å². The quantitative estimate of drug-likeness (QED) is 0.475. The highest BCUT2D eigenvalue weighted by Gasteiger charge is 2.25. The number of carbonyl (C=O) groups excluding carboxylic acids is 1. The van der Waals surface area contributed by atoms with Crippen LogP contribution in [0.5, 0.6) is 0 Å². The Hall–Kier alpha value is -1.84. The molecule has 0 spiro atoms. The predicted octanol–water partition coefficient (Wildman–Crippen LogP) is 2.80. The maximum atomic E-state index is 11.3. The Labute approximate surface area is 120 Å². The van der Waals surface area contributed by atoms with Gasteiger partial charge in [0, 0.05) is 30.1 Å². The van der Waals surface area contributed by atoms with Crippen molar-refractivity contribution in [2.75, 3.05) is 17.2 Å². The number of hydrogen-bond acceptors (Lipinski definition) is 4. The summed E-state index contributed by atoms with van der Waals surface area (Å²) in [5.41, 5.74) is 9.68. The molecule has 4 nitrogen and oxygen atoms in total. The number of hydrogen-bond donors (Lipinski definition) is 2. The molecule has 1 aromatic rings. The van der Waals surface area contributed by atoms with Gasteiger partial charge in [-0.15, -0.1) is 0 Å². The fraction of sp³-hybridized carbons (Fsp3) is 0.500. The van der Waals surface area contributed by atoms with Gasteiger partial charge in [0.05, 0.1) is 6.04 Å². The number of carbonyl (C=O) groups is 1. The van der Waals surface area contributed by atoms with Crippen LogP contribution in [0.25, 0.3) is 0 Å². The fourth-order valence-corrected chi connectivity index (χ4v) is 2.83. The Balaban J connectivity index is 2.16. The molecule has 0 bridgehead atoms. The number of nitrogens with zero attached hydrogens (tertiary/aromatic N) is 1. The molecule has 108 valence electrons. The summed E-state index contributed by atoms with van der Waals surface area (Å²) < 4.78 is 0. The van der Waals surface area contributed by atoms with Crippen molar-refractivity contribution in [3.05, 3.63) is 23.8 Å². The zero-order chi connectivity index (χ0) is 14.5. The Morgan fingerprint density at radius 1 is 1.50 bits per heavy atom. The van der Waals surface area contributed by atoms with Gasteiger partial charge < -0.3 is 20.8 Å². The summed E-state index contributed by atoms with van der Waals surface area (Å²) >= 11 is 0. The van der Waals surface area contributed by atoms with Crippen molar-refractivity contribution >= 4 is 23.4 Å². The van der Waals surface area contributed by atoms with E-state index in [1.165, 1.54) is 5.56 Å². The van der Waals surface area contributed by atoms with E-state index in [0.29, 0.717) is 0 Å². The van der Waals surface area contributed by atoms with Gasteiger partial charge in [-0.3, -0.25) is 0 Å². The number of benzene rings is 1. The first-order valence-corrected chi connectivity index (χ1v) is 7.32. The Morgan fingerprint density at radius 2 is 2.30 bits per heavy atom. The molecule has 1 unspecified atom stereocenters. The molecule has 1 aromatic carbocycles. The van der Waals surface area contributed by atoms with Crippen LogP contribution in [-0.2, 0) is 11.2 Å². The van der Waals surface area contributed by atoms with E-state index in [1.807, 2.05) is 18.2 Å². The second kappa shape index (κ2) is 6.55. The molecule has 2 rings (SSSR count). The van der Waals surface area contributed by atoms with Gasteiger partial charge in [0.1, 0.15) is 6.29 Å². The van der Waals surface area contributed by atoms with Crippen LogP contribution >= 0.6 is 0 Å². The van der Waals surface area contributed by atoms with Crippen LogP contribution in [-0.4, -0.2) is 24.6 Å². The largest absolute Gasteiger partial charge is 0.399 e. The summed E-state index contributed by atoms with van der Waals surface area (Å²) in [6, 6.07) is 5.82. The minimum absolute atomic E-state index is 0.0689. The number of fused-ring (bicyclic) bond motifs is 1. The molecule has 4 heteroatoms. The van der Waals surface area contributed by atoms with Crippen LogP contribution in [0.4, 0.5) is 11.4 Å². The van der Waals surface area contributed by atoms with Gasteiger partial charge in [-0.25, -0.2) is 0 Å². The number of aldehydes is 1. The van der Waals surface area contributed by atoms with Gasteiger partial charge in [0.25, 0.3) is 0 Å². The number of nitrogen functional groups attached to an aromatic ring is 1. The highest BCUT2D eigenvalue weighted by molar-refractivity contribution is 5.82. The molecule has 0 radical (unpaired) electrons. The molecule has 0 fully saturated rings. The molecule has 1 aliphatic heterocycles. The lowest BCUT2D eigenvalue weighted by molar-refractivity contribution is -0.109. The maximum Gasteiger partial charge on any atom is 0.142 e. The van der Waals surface area contributed by atoms with Crippen LogP contribution in [0.1, 0.15) is 38.2 Å². The summed E-state index contributed by atoms with van der Waals surface area (Å²) in [6.45, 7) is 2.82. The van der Waals surface area contributed by atoms with Crippen molar-refractivity contribution in [1.29, 1.82) is 5.41 Å². The van der Waals surface area contributed by atoms with Crippen molar-refractivity contribution in [3.63, 3.8) is 0 Å². The predicted molar refractivity (Wildman–Crippen MR) is 83.6 cm³/mol. The van der Waals surface area contributed by atoms with E-state index in [-0.39, 0.29) is 6.04 Å². The van der Waals surface area contributed by atoms with E-state index in [1.54, 1.807) is 0 Å². The molecular formula is C16H23N3O. The molecule has 0 aromatic heterocycles. The molecule has 0 amide bonds. The van der Waals surface area contributed by atoms with E-state index < -0.39 is 0 Å². The summed E-state index contributed by atoms with van der Waals surface area (Å²) in [6.07, 6.45) is 5.33. The zero-order valence-corrected chi connectivity index (χ0v) is 12.1. The first-order valence-electron chi connectivity index (χ1n) is 7.32. The van der Waals surface area contributed by atoms with Gasteiger partial charge >= 0.3 is 0 Å². The molecule has 0 saturated heterocycles. The lowest BCUT2D eigenvalue weighted by Gasteiger charge is -2.36. The number of anilines is 2. The van der Waals surface area contributed by atoms with Gasteiger partial charge in [-0.2, -0.15) is 0 Å². The van der Waals surface area contributed by atoms with Crippen molar-refractivity contribution < 1.29 is 4.79 Å². The summed E-state index contributed by atoms with van der Waals surface area (Å²) in [4.78, 5) is 13.4. The van der Waals surface area contributed by atoms with Crippen LogP contribution < -0.4 is 10.6 Å². The van der Waals surface area contributed by atoms with E-state index in [2.05, 4.69) is 11.8 Å². The second-order valence-corrected chi connectivity index (χ2v) is 5.43. The number of nitrogens with two attached hydrogens (primary N) is 1. The molecular weight excluding hydrogens is 250 g/mol. The highest BCUT2D eigenvalue weighted by Crippen LogP contribution is 2.31. The molecule has 1 heterocycles. The number of aryl methyl sites for hydroxylation is 1. The van der Waals surface area contributed by atoms with E-state index in [9.17, 15) is 4.79 Å². The molecule has 0 aliphatic carbocycles. The van der Waals surface area contributed by atoms with E-state index in [0.717, 1.165) is 62.0 Å². The van der Waals surface area contributed by atoms with Gasteiger partial charge in [-0.1, -0.05) is 13.3 Å². The Kier molecular flexibility index (Phi) is 4.77. The third-order valence-electron chi connectivity index (χ3n) is 3.89. The lowest BCUT2D eigenvalue weighted by atomic mass is 9.95. The molecule has 3 N–H and O–H groups in total. The first-order chi connectivity index (χ1) is 9.65. The average Bonchev–Trinajstić information content (AvgIpc) is 2.44. The third kappa shape index (κ3) is 3.18. The second-order valence-electron chi connectivity index (χ2n) is 5.43. The van der Waals surface area contributed by atoms with Crippen molar-refractivity contribution in [1.82, 2.24) is 0 Å². The number of rotatable bonds is 6. The Morgan fingerprint density at radius 3 is 3.00 bits per heavy atom.